The van der Waals surface area contributed by atoms with E-state index in [1.165, 1.54) is 6.42 Å². The molecule has 0 bridgehead atoms. The van der Waals surface area contributed by atoms with E-state index in [9.17, 15) is 9.90 Å². The van der Waals surface area contributed by atoms with Gasteiger partial charge < -0.3 is 19.6 Å². The van der Waals surface area contributed by atoms with Gasteiger partial charge in [0.2, 0.25) is 0 Å². The standard InChI is InChI=1S/C31H41FN2O3/c32-31(16-2-1-3-17-31)23-33-19-14-24(15-20-33)22-37-29-12-10-26(11-13-29)25-6-8-27(9-7-25)30(36)34-18-4-5-28(35)21-34/h6-13,24,28,35H,1-5,14-23H2. The number of carbonyl (C=O) groups excluding carboxylic acids is 1. The van der Waals surface area contributed by atoms with Crippen LogP contribution in [0.4, 0.5) is 4.39 Å². The fraction of sp³-hybridized carbons (Fsp3) is 0.581. The van der Waals surface area contributed by atoms with Gasteiger partial charge in [0.05, 0.1) is 12.7 Å². The van der Waals surface area contributed by atoms with Crippen molar-refractivity contribution < 1.29 is 19.0 Å². The number of aliphatic hydroxyl groups excluding tert-OH is 1. The predicted molar refractivity (Wildman–Crippen MR) is 145 cm³/mol. The lowest BCUT2D eigenvalue weighted by molar-refractivity contribution is 0.0363. The minimum Gasteiger partial charge on any atom is -0.493 e. The SMILES string of the molecule is O=C(c1ccc(-c2ccc(OCC3CCN(CC4(F)CCCCC4)CC3)cc2)cc1)N1CCCC(O)C1. The van der Waals surface area contributed by atoms with E-state index in [1.807, 2.05) is 36.4 Å². The minimum absolute atomic E-state index is 0.0157. The Balaban J connectivity index is 1.07. The number of ether oxygens (including phenoxy) is 1. The van der Waals surface area contributed by atoms with E-state index in [1.54, 1.807) is 4.90 Å². The Kier molecular flexibility index (Phi) is 8.46. The number of aliphatic hydroxyl groups is 1. The highest BCUT2D eigenvalue weighted by Crippen LogP contribution is 2.33. The largest absolute Gasteiger partial charge is 0.493 e. The zero-order valence-corrected chi connectivity index (χ0v) is 21.9. The van der Waals surface area contributed by atoms with Crippen molar-refractivity contribution in [3.8, 4) is 16.9 Å². The van der Waals surface area contributed by atoms with Crippen LogP contribution in [-0.2, 0) is 0 Å². The number of nitrogens with zero attached hydrogens (tertiary/aromatic N) is 2. The van der Waals surface area contributed by atoms with E-state index >= 15 is 4.39 Å². The maximum Gasteiger partial charge on any atom is 0.253 e. The van der Waals surface area contributed by atoms with Crippen LogP contribution in [-0.4, -0.2) is 71.9 Å². The fourth-order valence-electron chi connectivity index (χ4n) is 6.14. The maximum atomic E-state index is 15.0. The van der Waals surface area contributed by atoms with Crippen molar-refractivity contribution in [2.24, 2.45) is 5.92 Å². The third-order valence-electron chi connectivity index (χ3n) is 8.45. The van der Waals surface area contributed by atoms with Gasteiger partial charge >= 0.3 is 0 Å². The lowest BCUT2D eigenvalue weighted by Gasteiger charge is -2.38. The number of piperidine rings is 2. The summed E-state index contributed by atoms with van der Waals surface area (Å²) in [5.41, 5.74) is 1.83. The van der Waals surface area contributed by atoms with Gasteiger partial charge in [0.1, 0.15) is 11.4 Å². The van der Waals surface area contributed by atoms with E-state index in [0.717, 1.165) is 81.3 Å². The first-order valence-electron chi connectivity index (χ1n) is 14.2. The number of β-amino-alcohol motifs (C(OH)–C–C–N with tert-alkyl or cyclic N) is 1. The Bertz CT molecular complexity index is 1010. The highest BCUT2D eigenvalue weighted by molar-refractivity contribution is 5.94. The smallest absolute Gasteiger partial charge is 0.253 e. The summed E-state index contributed by atoms with van der Waals surface area (Å²) in [5, 5.41) is 9.86. The number of alkyl halides is 1. The molecule has 1 saturated carbocycles. The fourth-order valence-corrected chi connectivity index (χ4v) is 6.14. The van der Waals surface area contributed by atoms with Gasteiger partial charge in [-0.2, -0.15) is 0 Å². The molecule has 6 heteroatoms. The van der Waals surface area contributed by atoms with Crippen molar-refractivity contribution in [3.63, 3.8) is 0 Å². The molecule has 0 radical (unpaired) electrons. The van der Waals surface area contributed by atoms with Gasteiger partial charge in [-0.25, -0.2) is 4.39 Å². The summed E-state index contributed by atoms with van der Waals surface area (Å²) in [6.07, 6.45) is 8.05. The summed E-state index contributed by atoms with van der Waals surface area (Å²) >= 11 is 0. The lowest BCUT2D eigenvalue weighted by Crippen LogP contribution is -2.45. The van der Waals surface area contributed by atoms with Crippen LogP contribution >= 0.6 is 0 Å². The van der Waals surface area contributed by atoms with Gasteiger partial charge in [-0.05, 0) is 92.9 Å². The van der Waals surface area contributed by atoms with Crippen LogP contribution in [0.1, 0.15) is 68.1 Å². The van der Waals surface area contributed by atoms with Gasteiger partial charge in [-0.1, -0.05) is 43.5 Å². The van der Waals surface area contributed by atoms with Crippen molar-refractivity contribution in [2.75, 3.05) is 39.3 Å². The molecule has 5 rings (SSSR count). The number of carbonyl (C=O) groups is 1. The molecule has 2 aromatic rings. The van der Waals surface area contributed by atoms with Crippen molar-refractivity contribution in [1.82, 2.24) is 9.80 Å². The first-order chi connectivity index (χ1) is 18.0. The maximum absolute atomic E-state index is 15.0. The van der Waals surface area contributed by atoms with Crippen LogP contribution in [0, 0.1) is 5.92 Å². The van der Waals surface area contributed by atoms with E-state index in [-0.39, 0.29) is 5.91 Å². The third kappa shape index (κ3) is 6.91. The topological polar surface area (TPSA) is 53.0 Å². The minimum atomic E-state index is -0.962. The number of hydrogen-bond acceptors (Lipinski definition) is 4. The normalized spacial score (nSPS) is 23.1. The first-order valence-corrected chi connectivity index (χ1v) is 14.2. The highest BCUT2D eigenvalue weighted by Gasteiger charge is 2.34. The molecule has 3 fully saturated rings. The number of benzene rings is 2. The van der Waals surface area contributed by atoms with Gasteiger partial charge in [0.25, 0.3) is 5.91 Å². The van der Waals surface area contributed by atoms with Crippen LogP contribution in [0.15, 0.2) is 48.5 Å². The molecule has 1 amide bonds. The number of hydrogen-bond donors (Lipinski definition) is 1. The van der Waals surface area contributed by atoms with E-state index in [0.29, 0.717) is 37.7 Å². The molecule has 0 spiro atoms. The zero-order valence-electron chi connectivity index (χ0n) is 21.9. The molecule has 1 N–H and O–H groups in total. The number of rotatable bonds is 7. The van der Waals surface area contributed by atoms with Crippen LogP contribution in [0.3, 0.4) is 0 Å². The second-order valence-electron chi connectivity index (χ2n) is 11.4. The van der Waals surface area contributed by atoms with E-state index < -0.39 is 11.8 Å². The van der Waals surface area contributed by atoms with Crippen molar-refractivity contribution in [3.05, 3.63) is 54.1 Å². The molecule has 0 aromatic heterocycles. The Morgan fingerprint density at radius 1 is 0.892 bits per heavy atom. The number of halogens is 1. The Morgan fingerprint density at radius 3 is 2.19 bits per heavy atom. The van der Waals surface area contributed by atoms with Gasteiger partial charge in [-0.3, -0.25) is 4.79 Å². The molecule has 3 aliphatic rings. The zero-order chi connectivity index (χ0) is 25.7. The summed E-state index contributed by atoms with van der Waals surface area (Å²) in [7, 11) is 0. The summed E-state index contributed by atoms with van der Waals surface area (Å²) < 4.78 is 21.1. The van der Waals surface area contributed by atoms with Gasteiger partial charge in [-0.15, -0.1) is 0 Å². The molecule has 1 atom stereocenters. The first kappa shape index (κ1) is 26.2. The van der Waals surface area contributed by atoms with E-state index in [2.05, 4.69) is 17.0 Å². The molecule has 2 aliphatic heterocycles. The average molecular weight is 509 g/mol. The molecule has 2 saturated heterocycles. The highest BCUT2D eigenvalue weighted by atomic mass is 19.1. The van der Waals surface area contributed by atoms with Gasteiger partial charge in [0.15, 0.2) is 0 Å². The third-order valence-corrected chi connectivity index (χ3v) is 8.45. The number of likely N-dealkylation sites (tertiary alicyclic amines) is 2. The number of amides is 1. The molecule has 2 aromatic carbocycles. The summed E-state index contributed by atoms with van der Waals surface area (Å²) in [5.74, 6) is 1.37. The van der Waals surface area contributed by atoms with Gasteiger partial charge in [0, 0.05) is 25.2 Å². The quantitative estimate of drug-likeness (QED) is 0.520. The molecule has 1 aliphatic carbocycles. The summed E-state index contributed by atoms with van der Waals surface area (Å²) in [6.45, 7) is 4.37. The second kappa shape index (κ2) is 12.0. The van der Waals surface area contributed by atoms with Crippen molar-refractivity contribution in [2.45, 2.75) is 69.6 Å². The Hall–Kier alpha value is -2.44. The molecule has 1 unspecified atom stereocenters. The second-order valence-corrected chi connectivity index (χ2v) is 11.4. The Labute approximate surface area is 220 Å². The molecular formula is C31H41FN2O3. The lowest BCUT2D eigenvalue weighted by atomic mass is 9.85. The van der Waals surface area contributed by atoms with Crippen LogP contribution < -0.4 is 4.74 Å². The molecule has 200 valence electrons. The molecule has 5 nitrogen and oxygen atoms in total. The molecular weight excluding hydrogens is 467 g/mol. The molecule has 2 heterocycles. The van der Waals surface area contributed by atoms with Crippen LogP contribution in [0.5, 0.6) is 5.75 Å². The molecule has 37 heavy (non-hydrogen) atoms. The monoisotopic (exact) mass is 508 g/mol. The average Bonchev–Trinajstić information content (AvgIpc) is 2.93. The van der Waals surface area contributed by atoms with Crippen LogP contribution in [0.2, 0.25) is 0 Å². The Morgan fingerprint density at radius 2 is 1.54 bits per heavy atom. The summed E-state index contributed by atoms with van der Waals surface area (Å²) in [6, 6.07) is 15.8. The van der Waals surface area contributed by atoms with E-state index in [4.69, 9.17) is 4.74 Å². The summed E-state index contributed by atoms with van der Waals surface area (Å²) in [4.78, 5) is 16.8. The van der Waals surface area contributed by atoms with Crippen LogP contribution in [0.25, 0.3) is 11.1 Å². The predicted octanol–water partition coefficient (Wildman–Crippen LogP) is 5.71. The van der Waals surface area contributed by atoms with Crippen molar-refractivity contribution in [1.29, 1.82) is 0 Å². The van der Waals surface area contributed by atoms with Crippen molar-refractivity contribution >= 4 is 5.91 Å².